The lowest BCUT2D eigenvalue weighted by atomic mass is 10.2. The van der Waals surface area contributed by atoms with Gasteiger partial charge in [0.2, 0.25) is 0 Å². The SMILES string of the molecule is CCOC(=O)c1ncn(C(C)CCOC)c1N. The van der Waals surface area contributed by atoms with E-state index >= 15 is 0 Å². The molecule has 17 heavy (non-hydrogen) atoms. The van der Waals surface area contributed by atoms with Crippen molar-refractivity contribution in [2.45, 2.75) is 26.3 Å². The van der Waals surface area contributed by atoms with Crippen molar-refractivity contribution in [3.63, 3.8) is 0 Å². The molecule has 0 spiro atoms. The van der Waals surface area contributed by atoms with E-state index in [9.17, 15) is 4.79 Å². The Balaban J connectivity index is 2.79. The van der Waals surface area contributed by atoms with E-state index < -0.39 is 5.97 Å². The molecule has 6 heteroatoms. The van der Waals surface area contributed by atoms with E-state index in [1.54, 1.807) is 24.9 Å². The zero-order chi connectivity index (χ0) is 12.8. The molecule has 0 saturated carbocycles. The first-order valence-electron chi connectivity index (χ1n) is 5.60. The van der Waals surface area contributed by atoms with Gasteiger partial charge in [-0.1, -0.05) is 0 Å². The van der Waals surface area contributed by atoms with Crippen molar-refractivity contribution in [2.24, 2.45) is 0 Å². The number of hydrogen-bond donors (Lipinski definition) is 1. The first kappa shape index (κ1) is 13.5. The van der Waals surface area contributed by atoms with Crippen molar-refractivity contribution in [1.29, 1.82) is 0 Å². The summed E-state index contributed by atoms with van der Waals surface area (Å²) in [5, 5.41) is 0. The van der Waals surface area contributed by atoms with Gasteiger partial charge in [0.25, 0.3) is 0 Å². The first-order valence-corrected chi connectivity index (χ1v) is 5.60. The Morgan fingerprint density at radius 3 is 2.94 bits per heavy atom. The Labute approximate surface area is 101 Å². The topological polar surface area (TPSA) is 79.4 Å². The van der Waals surface area contributed by atoms with Crippen LogP contribution in [0.3, 0.4) is 0 Å². The summed E-state index contributed by atoms with van der Waals surface area (Å²) in [6.45, 7) is 4.68. The Morgan fingerprint density at radius 1 is 1.65 bits per heavy atom. The Bertz CT molecular complexity index is 376. The van der Waals surface area contributed by atoms with Crippen LogP contribution in [0.25, 0.3) is 0 Å². The molecule has 0 fully saturated rings. The van der Waals surface area contributed by atoms with Crippen LogP contribution >= 0.6 is 0 Å². The van der Waals surface area contributed by atoms with E-state index in [2.05, 4.69) is 4.98 Å². The molecule has 1 aromatic rings. The van der Waals surface area contributed by atoms with E-state index in [-0.39, 0.29) is 11.7 Å². The smallest absolute Gasteiger partial charge is 0.360 e. The second-order valence-electron chi connectivity index (χ2n) is 3.74. The number of esters is 1. The summed E-state index contributed by atoms with van der Waals surface area (Å²) in [7, 11) is 1.65. The molecule has 0 aromatic carbocycles. The van der Waals surface area contributed by atoms with E-state index in [0.29, 0.717) is 19.0 Å². The largest absolute Gasteiger partial charge is 0.461 e. The maximum Gasteiger partial charge on any atom is 0.360 e. The number of ether oxygens (including phenoxy) is 2. The minimum atomic E-state index is -0.484. The summed E-state index contributed by atoms with van der Waals surface area (Å²) < 4.78 is 11.6. The molecule has 0 bridgehead atoms. The minimum absolute atomic E-state index is 0.130. The van der Waals surface area contributed by atoms with Gasteiger partial charge in [-0.2, -0.15) is 0 Å². The van der Waals surface area contributed by atoms with Crippen molar-refractivity contribution in [3.8, 4) is 0 Å². The Hall–Kier alpha value is -1.56. The minimum Gasteiger partial charge on any atom is -0.461 e. The molecule has 0 radical (unpaired) electrons. The van der Waals surface area contributed by atoms with Crippen molar-refractivity contribution < 1.29 is 14.3 Å². The van der Waals surface area contributed by atoms with E-state index in [1.165, 1.54) is 0 Å². The number of nitrogen functional groups attached to an aromatic ring is 1. The van der Waals surface area contributed by atoms with Crippen LogP contribution < -0.4 is 5.73 Å². The molecular formula is C11H19N3O3. The van der Waals surface area contributed by atoms with Gasteiger partial charge in [0, 0.05) is 19.8 Å². The van der Waals surface area contributed by atoms with Crippen molar-refractivity contribution in [2.75, 3.05) is 26.1 Å². The van der Waals surface area contributed by atoms with E-state index in [4.69, 9.17) is 15.2 Å². The second kappa shape index (κ2) is 6.24. The van der Waals surface area contributed by atoms with Gasteiger partial charge in [-0.15, -0.1) is 0 Å². The molecule has 1 heterocycles. The van der Waals surface area contributed by atoms with Crippen LogP contribution in [-0.2, 0) is 9.47 Å². The maximum atomic E-state index is 11.5. The molecule has 1 aromatic heterocycles. The first-order chi connectivity index (χ1) is 8.11. The zero-order valence-corrected chi connectivity index (χ0v) is 10.5. The Morgan fingerprint density at radius 2 is 2.35 bits per heavy atom. The van der Waals surface area contributed by atoms with Crippen LogP contribution in [0.2, 0.25) is 0 Å². The van der Waals surface area contributed by atoms with Gasteiger partial charge >= 0.3 is 5.97 Å². The molecule has 0 amide bonds. The van der Waals surface area contributed by atoms with Gasteiger partial charge in [0.1, 0.15) is 5.82 Å². The van der Waals surface area contributed by atoms with E-state index in [0.717, 1.165) is 6.42 Å². The highest BCUT2D eigenvalue weighted by Gasteiger charge is 2.19. The fourth-order valence-corrected chi connectivity index (χ4v) is 1.51. The van der Waals surface area contributed by atoms with Gasteiger partial charge in [-0.05, 0) is 20.3 Å². The van der Waals surface area contributed by atoms with Gasteiger partial charge in [-0.25, -0.2) is 9.78 Å². The molecular weight excluding hydrogens is 222 g/mol. The quantitative estimate of drug-likeness (QED) is 0.758. The number of aromatic nitrogens is 2. The normalized spacial score (nSPS) is 12.4. The fraction of sp³-hybridized carbons (Fsp3) is 0.636. The molecule has 1 unspecified atom stereocenters. The van der Waals surface area contributed by atoms with E-state index in [1.807, 2.05) is 6.92 Å². The number of hydrogen-bond acceptors (Lipinski definition) is 5. The third-order valence-corrected chi connectivity index (χ3v) is 2.52. The predicted octanol–water partition coefficient (Wildman–Crippen LogP) is 1.24. The highest BCUT2D eigenvalue weighted by molar-refractivity contribution is 5.92. The number of carbonyl (C=O) groups is 1. The van der Waals surface area contributed by atoms with Gasteiger partial charge in [0.05, 0.1) is 12.9 Å². The summed E-state index contributed by atoms with van der Waals surface area (Å²) in [6, 6.07) is 0.130. The average Bonchev–Trinajstić information content (AvgIpc) is 2.68. The lowest BCUT2D eigenvalue weighted by molar-refractivity contribution is 0.0521. The highest BCUT2D eigenvalue weighted by atomic mass is 16.5. The molecule has 96 valence electrons. The average molecular weight is 241 g/mol. The second-order valence-corrected chi connectivity index (χ2v) is 3.74. The summed E-state index contributed by atoms with van der Waals surface area (Å²) in [4.78, 5) is 15.5. The number of nitrogens with zero attached hydrogens (tertiary/aromatic N) is 2. The number of imidazole rings is 1. The van der Waals surface area contributed by atoms with Crippen LogP contribution in [0.4, 0.5) is 5.82 Å². The summed E-state index contributed by atoms with van der Waals surface area (Å²) >= 11 is 0. The maximum absolute atomic E-state index is 11.5. The van der Waals surface area contributed by atoms with Crippen LogP contribution in [0.5, 0.6) is 0 Å². The van der Waals surface area contributed by atoms with Gasteiger partial charge in [-0.3, -0.25) is 0 Å². The van der Waals surface area contributed by atoms with Crippen molar-refractivity contribution in [1.82, 2.24) is 9.55 Å². The molecule has 0 aliphatic heterocycles. The summed E-state index contributed by atoms with van der Waals surface area (Å²) in [5.41, 5.74) is 6.04. The number of rotatable bonds is 6. The summed E-state index contributed by atoms with van der Waals surface area (Å²) in [6.07, 6.45) is 2.36. The lowest BCUT2D eigenvalue weighted by Gasteiger charge is -2.14. The van der Waals surface area contributed by atoms with Crippen LogP contribution in [0, 0.1) is 0 Å². The molecule has 1 atom stereocenters. The summed E-state index contributed by atoms with van der Waals surface area (Å²) in [5.74, 6) is -0.144. The third kappa shape index (κ3) is 3.20. The van der Waals surface area contributed by atoms with Gasteiger partial charge in [0.15, 0.2) is 5.69 Å². The number of anilines is 1. The number of methoxy groups -OCH3 is 1. The van der Waals surface area contributed by atoms with Gasteiger partial charge < -0.3 is 19.8 Å². The van der Waals surface area contributed by atoms with Crippen molar-refractivity contribution >= 4 is 11.8 Å². The Kier molecular flexibility index (Phi) is 4.96. The molecule has 1 rings (SSSR count). The molecule has 0 aliphatic rings. The van der Waals surface area contributed by atoms with Crippen molar-refractivity contribution in [3.05, 3.63) is 12.0 Å². The predicted molar refractivity (Wildman–Crippen MR) is 63.8 cm³/mol. The lowest BCUT2D eigenvalue weighted by Crippen LogP contribution is -2.13. The fourth-order valence-electron chi connectivity index (χ4n) is 1.51. The molecule has 0 aliphatic carbocycles. The monoisotopic (exact) mass is 241 g/mol. The molecule has 0 saturated heterocycles. The van der Waals surface area contributed by atoms with Crippen LogP contribution in [0.1, 0.15) is 36.8 Å². The third-order valence-electron chi connectivity index (χ3n) is 2.52. The standard InChI is InChI=1S/C11H19N3O3/c1-4-17-11(15)9-10(12)14(7-13-9)8(2)5-6-16-3/h7-8H,4-6,12H2,1-3H3. The molecule has 2 N–H and O–H groups in total. The van der Waals surface area contributed by atoms with Crippen LogP contribution in [0.15, 0.2) is 6.33 Å². The number of nitrogens with two attached hydrogens (primary N) is 1. The van der Waals surface area contributed by atoms with Crippen LogP contribution in [-0.4, -0.2) is 35.8 Å². The highest BCUT2D eigenvalue weighted by Crippen LogP contribution is 2.19. The number of carbonyl (C=O) groups excluding carboxylic acids is 1. The zero-order valence-electron chi connectivity index (χ0n) is 10.5. The molecule has 6 nitrogen and oxygen atoms in total.